The van der Waals surface area contributed by atoms with Crippen LogP contribution in [-0.2, 0) is 17.8 Å². The number of hydrogen-bond acceptors (Lipinski definition) is 4. The summed E-state index contributed by atoms with van der Waals surface area (Å²) in [7, 11) is 0. The first-order chi connectivity index (χ1) is 5.86. The van der Waals surface area contributed by atoms with Gasteiger partial charge in [0.25, 0.3) is 0 Å². The van der Waals surface area contributed by atoms with Crippen LogP contribution < -0.4 is 0 Å². The zero-order valence-corrected chi connectivity index (χ0v) is 6.60. The summed E-state index contributed by atoms with van der Waals surface area (Å²) >= 11 is 0. The van der Waals surface area contributed by atoms with Crippen LogP contribution >= 0.6 is 0 Å². The molecule has 0 saturated heterocycles. The smallest absolute Gasteiger partial charge is 0.0907 e. The van der Waals surface area contributed by atoms with Crippen LogP contribution in [0.2, 0.25) is 0 Å². The number of aliphatic hydroxyl groups excluding tert-OH is 1. The molecule has 1 N–H and O–H groups in total. The SMILES string of the molecule is OC1COCc2nccnc2C1. The molecule has 4 heteroatoms. The van der Waals surface area contributed by atoms with Gasteiger partial charge in [-0.3, -0.25) is 9.97 Å². The fraction of sp³-hybridized carbons (Fsp3) is 0.500. The summed E-state index contributed by atoms with van der Waals surface area (Å²) in [6.07, 6.45) is 3.38. The molecule has 1 unspecified atom stereocenters. The van der Waals surface area contributed by atoms with Gasteiger partial charge in [0.1, 0.15) is 0 Å². The van der Waals surface area contributed by atoms with Crippen molar-refractivity contribution in [2.24, 2.45) is 0 Å². The van der Waals surface area contributed by atoms with Crippen LogP contribution in [0.4, 0.5) is 0 Å². The van der Waals surface area contributed by atoms with Crippen molar-refractivity contribution in [1.82, 2.24) is 9.97 Å². The maximum atomic E-state index is 9.34. The Morgan fingerprint density at radius 1 is 1.33 bits per heavy atom. The molecule has 0 aliphatic carbocycles. The Morgan fingerprint density at radius 3 is 2.92 bits per heavy atom. The van der Waals surface area contributed by atoms with E-state index in [2.05, 4.69) is 9.97 Å². The molecular weight excluding hydrogens is 156 g/mol. The summed E-state index contributed by atoms with van der Waals surface area (Å²) in [6.45, 7) is 0.832. The van der Waals surface area contributed by atoms with E-state index in [0.717, 1.165) is 11.4 Å². The molecule has 0 fully saturated rings. The van der Waals surface area contributed by atoms with Crippen LogP contribution in [0.3, 0.4) is 0 Å². The van der Waals surface area contributed by atoms with Gasteiger partial charge >= 0.3 is 0 Å². The molecule has 1 aliphatic rings. The standard InChI is InChI=1S/C8H10N2O2/c11-6-3-7-8(5-12-4-6)10-2-1-9-7/h1-2,6,11H,3-5H2. The van der Waals surface area contributed by atoms with Gasteiger partial charge in [-0.2, -0.15) is 0 Å². The van der Waals surface area contributed by atoms with Crippen molar-refractivity contribution < 1.29 is 9.84 Å². The third-order valence-corrected chi connectivity index (χ3v) is 1.84. The number of hydrogen-bond donors (Lipinski definition) is 1. The van der Waals surface area contributed by atoms with E-state index in [1.54, 1.807) is 12.4 Å². The number of aliphatic hydroxyl groups is 1. The summed E-state index contributed by atoms with van der Waals surface area (Å²) < 4.78 is 5.18. The maximum Gasteiger partial charge on any atom is 0.0907 e. The predicted octanol–water partition coefficient (Wildman–Crippen LogP) is -0.0898. The van der Waals surface area contributed by atoms with Crippen LogP contribution in [-0.4, -0.2) is 27.8 Å². The molecule has 64 valence electrons. The summed E-state index contributed by atoms with van der Waals surface area (Å²) in [5, 5.41) is 9.34. The second kappa shape index (κ2) is 3.16. The monoisotopic (exact) mass is 166 g/mol. The Hall–Kier alpha value is -1.00. The molecule has 0 aromatic carbocycles. The zero-order valence-electron chi connectivity index (χ0n) is 6.60. The minimum absolute atomic E-state index is 0.373. The van der Waals surface area contributed by atoms with Gasteiger partial charge < -0.3 is 9.84 Å². The number of nitrogens with zero attached hydrogens (tertiary/aromatic N) is 2. The number of rotatable bonds is 0. The lowest BCUT2D eigenvalue weighted by molar-refractivity contribution is 0.0360. The molecule has 1 aromatic rings. The van der Waals surface area contributed by atoms with Crippen molar-refractivity contribution in [1.29, 1.82) is 0 Å². The van der Waals surface area contributed by atoms with Crippen molar-refractivity contribution >= 4 is 0 Å². The van der Waals surface area contributed by atoms with E-state index in [1.165, 1.54) is 0 Å². The van der Waals surface area contributed by atoms with Crippen LogP contribution in [0.15, 0.2) is 12.4 Å². The average molecular weight is 166 g/mol. The first-order valence-corrected chi connectivity index (χ1v) is 3.91. The molecule has 0 bridgehead atoms. The lowest BCUT2D eigenvalue weighted by Gasteiger charge is -2.03. The third-order valence-electron chi connectivity index (χ3n) is 1.84. The molecule has 1 atom stereocenters. The van der Waals surface area contributed by atoms with E-state index >= 15 is 0 Å². The highest BCUT2D eigenvalue weighted by Crippen LogP contribution is 2.11. The summed E-state index contributed by atoms with van der Waals surface area (Å²) in [6, 6.07) is 0. The van der Waals surface area contributed by atoms with Gasteiger partial charge in [0.05, 0.1) is 30.7 Å². The highest BCUT2D eigenvalue weighted by molar-refractivity contribution is 5.11. The van der Waals surface area contributed by atoms with Crippen LogP contribution in [0.1, 0.15) is 11.4 Å². The fourth-order valence-corrected chi connectivity index (χ4v) is 1.26. The fourth-order valence-electron chi connectivity index (χ4n) is 1.26. The second-order valence-corrected chi connectivity index (χ2v) is 2.82. The highest BCUT2D eigenvalue weighted by Gasteiger charge is 2.15. The minimum Gasteiger partial charge on any atom is -0.390 e. The van der Waals surface area contributed by atoms with Crippen molar-refractivity contribution in [2.45, 2.75) is 19.1 Å². The van der Waals surface area contributed by atoms with Gasteiger partial charge in [0.15, 0.2) is 0 Å². The van der Waals surface area contributed by atoms with Gasteiger partial charge in [-0.1, -0.05) is 0 Å². The second-order valence-electron chi connectivity index (χ2n) is 2.82. The first-order valence-electron chi connectivity index (χ1n) is 3.91. The van der Waals surface area contributed by atoms with E-state index in [9.17, 15) is 5.11 Å². The van der Waals surface area contributed by atoms with Gasteiger partial charge in [-0.25, -0.2) is 0 Å². The largest absolute Gasteiger partial charge is 0.390 e. The lowest BCUT2D eigenvalue weighted by Crippen LogP contribution is -2.15. The molecule has 0 saturated carbocycles. The molecule has 0 spiro atoms. The highest BCUT2D eigenvalue weighted by atomic mass is 16.5. The van der Waals surface area contributed by atoms with Crippen molar-refractivity contribution in [3.05, 3.63) is 23.8 Å². The van der Waals surface area contributed by atoms with E-state index in [4.69, 9.17) is 4.74 Å². The Bertz CT molecular complexity index is 278. The maximum absolute atomic E-state index is 9.34. The Balaban J connectivity index is 2.31. The predicted molar refractivity (Wildman–Crippen MR) is 41.4 cm³/mol. The Labute approximate surface area is 70.2 Å². The molecule has 2 rings (SSSR count). The molecule has 12 heavy (non-hydrogen) atoms. The molecule has 1 aromatic heterocycles. The summed E-state index contributed by atoms with van der Waals surface area (Å²) in [5.41, 5.74) is 1.69. The number of aromatic nitrogens is 2. The Kier molecular flexibility index (Phi) is 2.01. The van der Waals surface area contributed by atoms with E-state index in [1.807, 2.05) is 0 Å². The quantitative estimate of drug-likeness (QED) is 0.585. The van der Waals surface area contributed by atoms with Crippen molar-refractivity contribution in [2.75, 3.05) is 6.61 Å². The van der Waals surface area contributed by atoms with E-state index in [0.29, 0.717) is 19.6 Å². The molecule has 0 amide bonds. The van der Waals surface area contributed by atoms with Crippen molar-refractivity contribution in [3.63, 3.8) is 0 Å². The molecule has 0 radical (unpaired) electrons. The van der Waals surface area contributed by atoms with E-state index < -0.39 is 6.10 Å². The zero-order chi connectivity index (χ0) is 8.39. The topological polar surface area (TPSA) is 55.2 Å². The van der Waals surface area contributed by atoms with Crippen LogP contribution in [0.25, 0.3) is 0 Å². The van der Waals surface area contributed by atoms with Gasteiger partial charge in [-0.15, -0.1) is 0 Å². The molecule has 4 nitrogen and oxygen atoms in total. The molecular formula is C8H10N2O2. The summed E-state index contributed by atoms with van der Waals surface area (Å²) in [4.78, 5) is 8.24. The average Bonchev–Trinajstić information content (AvgIpc) is 2.25. The van der Waals surface area contributed by atoms with Crippen LogP contribution in [0, 0.1) is 0 Å². The normalized spacial score (nSPS) is 22.9. The van der Waals surface area contributed by atoms with Gasteiger partial charge in [0, 0.05) is 18.8 Å². The summed E-state index contributed by atoms with van der Waals surface area (Å²) in [5.74, 6) is 0. The Morgan fingerprint density at radius 2 is 2.08 bits per heavy atom. The minimum atomic E-state index is -0.442. The van der Waals surface area contributed by atoms with Crippen molar-refractivity contribution in [3.8, 4) is 0 Å². The third kappa shape index (κ3) is 1.44. The van der Waals surface area contributed by atoms with Crippen LogP contribution in [0.5, 0.6) is 0 Å². The lowest BCUT2D eigenvalue weighted by atomic mass is 10.2. The van der Waals surface area contributed by atoms with Gasteiger partial charge in [0.2, 0.25) is 0 Å². The van der Waals surface area contributed by atoms with Gasteiger partial charge in [-0.05, 0) is 0 Å². The molecule has 1 aliphatic heterocycles. The number of ether oxygens (including phenoxy) is 1. The van der Waals surface area contributed by atoms with E-state index in [-0.39, 0.29) is 0 Å². The number of fused-ring (bicyclic) bond motifs is 1. The first kappa shape index (κ1) is 7.64. The molecule has 2 heterocycles.